The molecule has 8 nitrogen and oxygen atoms in total. The highest BCUT2D eigenvalue weighted by Crippen LogP contribution is 2.24. The summed E-state index contributed by atoms with van der Waals surface area (Å²) in [5.41, 5.74) is 0.737. The first-order valence-corrected chi connectivity index (χ1v) is 10.6. The van der Waals surface area contributed by atoms with Crippen molar-refractivity contribution in [2.75, 3.05) is 18.8 Å². The Morgan fingerprint density at radius 3 is 2.30 bits per heavy atom. The van der Waals surface area contributed by atoms with Crippen LogP contribution in [0, 0.1) is 0 Å². The third-order valence-corrected chi connectivity index (χ3v) is 6.96. The second kappa shape index (κ2) is 7.77. The van der Waals surface area contributed by atoms with E-state index in [1.54, 1.807) is 24.3 Å². The number of nitrogens with zero attached hydrogens (tertiary/aromatic N) is 2. The van der Waals surface area contributed by atoms with Crippen LogP contribution in [0.5, 0.6) is 0 Å². The van der Waals surface area contributed by atoms with E-state index in [1.165, 1.54) is 0 Å². The maximum atomic E-state index is 12.5. The number of carbonyl (C=O) groups is 3. The van der Waals surface area contributed by atoms with Crippen molar-refractivity contribution >= 4 is 27.8 Å². The van der Waals surface area contributed by atoms with Crippen molar-refractivity contribution in [1.82, 2.24) is 9.21 Å². The molecule has 0 aromatic heterocycles. The quantitative estimate of drug-likeness (QED) is 0.552. The molecule has 2 amide bonds. The van der Waals surface area contributed by atoms with Gasteiger partial charge in [0.05, 0.1) is 16.9 Å². The zero-order valence-corrected chi connectivity index (χ0v) is 15.7. The molecule has 2 aliphatic rings. The molecule has 1 aromatic rings. The number of aliphatic carboxylic acids is 1. The first kappa shape index (κ1) is 19.5. The van der Waals surface area contributed by atoms with Gasteiger partial charge in [-0.1, -0.05) is 12.1 Å². The lowest BCUT2D eigenvalue weighted by Crippen LogP contribution is -2.48. The Kier molecular flexibility index (Phi) is 5.61. The second-order valence-corrected chi connectivity index (χ2v) is 8.83. The van der Waals surface area contributed by atoms with Crippen LogP contribution in [0.2, 0.25) is 0 Å². The highest BCUT2D eigenvalue weighted by atomic mass is 32.2. The first-order chi connectivity index (χ1) is 12.8. The van der Waals surface area contributed by atoms with Crippen LogP contribution in [-0.2, 0) is 14.8 Å². The minimum absolute atomic E-state index is 0.143. The third-order valence-electron chi connectivity index (χ3n) is 5.01. The van der Waals surface area contributed by atoms with Crippen LogP contribution in [0.3, 0.4) is 0 Å². The molecule has 0 aliphatic carbocycles. The standard InChI is InChI=1S/C18H22N2O6S/c21-16-13-7-1-2-8-14(13)17(22)19(16)10-5-6-12-27(25,26)20-11-4-3-9-15(20)18(23)24/h1-2,7-8,15H,3-6,9-12H2,(H,23,24). The summed E-state index contributed by atoms with van der Waals surface area (Å²) in [5, 5.41) is 9.24. The summed E-state index contributed by atoms with van der Waals surface area (Å²) in [7, 11) is -3.69. The minimum atomic E-state index is -3.69. The summed E-state index contributed by atoms with van der Waals surface area (Å²) in [5.74, 6) is -2.04. The smallest absolute Gasteiger partial charge is 0.322 e. The number of carboxylic acids is 1. The van der Waals surface area contributed by atoms with Gasteiger partial charge in [-0.05, 0) is 44.2 Å². The number of benzene rings is 1. The van der Waals surface area contributed by atoms with Gasteiger partial charge in [0.15, 0.2) is 0 Å². The largest absolute Gasteiger partial charge is 0.480 e. The molecule has 2 heterocycles. The van der Waals surface area contributed by atoms with E-state index in [1.807, 2.05) is 0 Å². The van der Waals surface area contributed by atoms with Crippen LogP contribution in [0.1, 0.15) is 52.8 Å². The average molecular weight is 394 g/mol. The summed E-state index contributed by atoms with van der Waals surface area (Å²) < 4.78 is 26.1. The fourth-order valence-corrected chi connectivity index (χ4v) is 5.39. The lowest BCUT2D eigenvalue weighted by atomic mass is 10.1. The van der Waals surface area contributed by atoms with Crippen LogP contribution in [0.4, 0.5) is 0 Å². The number of sulfonamides is 1. The lowest BCUT2D eigenvalue weighted by molar-refractivity contribution is -0.142. The molecular weight excluding hydrogens is 372 g/mol. The highest BCUT2D eigenvalue weighted by molar-refractivity contribution is 7.89. The molecule has 1 fully saturated rings. The van der Waals surface area contributed by atoms with Gasteiger partial charge in [-0.25, -0.2) is 8.42 Å². The molecule has 0 spiro atoms. The average Bonchev–Trinajstić information content (AvgIpc) is 2.90. The Hall–Kier alpha value is -2.26. The van der Waals surface area contributed by atoms with Crippen molar-refractivity contribution < 1.29 is 27.9 Å². The van der Waals surface area contributed by atoms with Crippen molar-refractivity contribution in [3.05, 3.63) is 35.4 Å². The van der Waals surface area contributed by atoms with Gasteiger partial charge in [0.2, 0.25) is 10.0 Å². The zero-order chi connectivity index (χ0) is 19.6. The summed E-state index contributed by atoms with van der Waals surface area (Å²) in [6, 6.07) is 5.58. The molecule has 3 rings (SSSR count). The molecule has 27 heavy (non-hydrogen) atoms. The van der Waals surface area contributed by atoms with Gasteiger partial charge in [0.1, 0.15) is 6.04 Å². The Morgan fingerprint density at radius 2 is 1.70 bits per heavy atom. The fourth-order valence-electron chi connectivity index (χ4n) is 3.60. The van der Waals surface area contributed by atoms with E-state index in [-0.39, 0.29) is 37.1 Å². The van der Waals surface area contributed by atoms with E-state index in [2.05, 4.69) is 0 Å². The van der Waals surface area contributed by atoms with Crippen LogP contribution in [0.25, 0.3) is 0 Å². The van der Waals surface area contributed by atoms with Crippen LogP contribution in [0.15, 0.2) is 24.3 Å². The van der Waals surface area contributed by atoms with E-state index < -0.39 is 22.0 Å². The predicted molar refractivity (Wildman–Crippen MR) is 96.8 cm³/mol. The number of piperidine rings is 1. The number of imide groups is 1. The monoisotopic (exact) mass is 394 g/mol. The van der Waals surface area contributed by atoms with Crippen molar-refractivity contribution in [3.8, 4) is 0 Å². The Balaban J connectivity index is 1.55. The molecule has 0 saturated carbocycles. The number of amides is 2. The van der Waals surface area contributed by atoms with Crippen molar-refractivity contribution in [1.29, 1.82) is 0 Å². The van der Waals surface area contributed by atoms with Crippen molar-refractivity contribution in [2.45, 2.75) is 38.1 Å². The molecule has 146 valence electrons. The van der Waals surface area contributed by atoms with Gasteiger partial charge >= 0.3 is 5.97 Å². The Bertz CT molecular complexity index is 831. The molecule has 2 aliphatic heterocycles. The third kappa shape index (κ3) is 3.89. The zero-order valence-electron chi connectivity index (χ0n) is 14.8. The second-order valence-electron chi connectivity index (χ2n) is 6.79. The highest BCUT2D eigenvalue weighted by Gasteiger charge is 2.37. The summed E-state index contributed by atoms with van der Waals surface area (Å²) >= 11 is 0. The minimum Gasteiger partial charge on any atom is -0.480 e. The number of carbonyl (C=O) groups excluding carboxylic acids is 2. The van der Waals surface area contributed by atoms with Crippen molar-refractivity contribution in [2.24, 2.45) is 0 Å². The van der Waals surface area contributed by atoms with E-state index in [4.69, 9.17) is 0 Å². The van der Waals surface area contributed by atoms with E-state index in [0.29, 0.717) is 36.8 Å². The Labute approximate surface area is 157 Å². The van der Waals surface area contributed by atoms with Crippen LogP contribution < -0.4 is 0 Å². The van der Waals surface area contributed by atoms with Crippen LogP contribution >= 0.6 is 0 Å². The van der Waals surface area contributed by atoms with Gasteiger partial charge in [0, 0.05) is 13.1 Å². The van der Waals surface area contributed by atoms with Gasteiger partial charge in [-0.15, -0.1) is 0 Å². The van der Waals surface area contributed by atoms with Crippen molar-refractivity contribution in [3.63, 3.8) is 0 Å². The molecule has 1 N–H and O–H groups in total. The number of carboxylic acid groups (broad SMARTS) is 1. The van der Waals surface area contributed by atoms with Gasteiger partial charge in [-0.2, -0.15) is 4.31 Å². The Morgan fingerprint density at radius 1 is 1.07 bits per heavy atom. The molecule has 1 unspecified atom stereocenters. The number of fused-ring (bicyclic) bond motifs is 1. The maximum Gasteiger partial charge on any atom is 0.322 e. The van der Waals surface area contributed by atoms with Gasteiger partial charge in [-0.3, -0.25) is 19.3 Å². The van der Waals surface area contributed by atoms with Gasteiger partial charge < -0.3 is 5.11 Å². The van der Waals surface area contributed by atoms with Crippen LogP contribution in [-0.4, -0.2) is 65.4 Å². The molecule has 1 saturated heterocycles. The van der Waals surface area contributed by atoms with E-state index in [0.717, 1.165) is 9.21 Å². The molecular formula is C18H22N2O6S. The van der Waals surface area contributed by atoms with E-state index in [9.17, 15) is 27.9 Å². The molecule has 9 heteroatoms. The summed E-state index contributed by atoms with van der Waals surface area (Å²) in [6.45, 7) is 0.363. The topological polar surface area (TPSA) is 112 Å². The fraction of sp³-hybridized carbons (Fsp3) is 0.500. The number of hydrogen-bond donors (Lipinski definition) is 1. The maximum absolute atomic E-state index is 12.5. The first-order valence-electron chi connectivity index (χ1n) is 9.00. The summed E-state index contributed by atoms with van der Waals surface area (Å²) in [6.07, 6.45) is 2.26. The SMILES string of the molecule is O=C(O)C1CCCCN1S(=O)(=O)CCCCN1C(=O)c2ccccc2C1=O. The normalized spacial score (nSPS) is 20.7. The predicted octanol–water partition coefficient (Wildman–Crippen LogP) is 1.33. The van der Waals surface area contributed by atoms with E-state index >= 15 is 0 Å². The molecule has 1 atom stereocenters. The molecule has 1 aromatic carbocycles. The number of unbranched alkanes of at least 4 members (excludes halogenated alkanes) is 1. The molecule has 0 radical (unpaired) electrons. The lowest BCUT2D eigenvalue weighted by Gasteiger charge is -2.31. The number of hydrogen-bond acceptors (Lipinski definition) is 5. The molecule has 0 bridgehead atoms. The number of rotatable bonds is 7. The van der Waals surface area contributed by atoms with Gasteiger partial charge in [0.25, 0.3) is 11.8 Å². The summed E-state index contributed by atoms with van der Waals surface area (Å²) in [4.78, 5) is 37.0.